The number of rotatable bonds is 14. The van der Waals surface area contributed by atoms with Gasteiger partial charge in [-0.1, -0.05) is 123 Å². The molecule has 0 spiro atoms. The molecule has 42 heavy (non-hydrogen) atoms. The number of hydrogen-bond donors (Lipinski definition) is 0. The summed E-state index contributed by atoms with van der Waals surface area (Å²) in [6, 6.07) is 13.4. The molecule has 0 aliphatic heterocycles. The van der Waals surface area contributed by atoms with Crippen LogP contribution in [0.4, 0.5) is 9.59 Å². The molecule has 0 N–H and O–H groups in total. The van der Waals surface area contributed by atoms with Gasteiger partial charge in [0.1, 0.15) is 11.5 Å². The van der Waals surface area contributed by atoms with Gasteiger partial charge in [-0.2, -0.15) is 0 Å². The fourth-order valence-corrected chi connectivity index (χ4v) is 5.18. The van der Waals surface area contributed by atoms with Crippen LogP contribution in [-0.2, 0) is 14.9 Å². The maximum absolute atomic E-state index is 13.0. The smallest absolute Gasteiger partial charge is 0.434 e. The SMILES string of the molecule is CCCCC(CC)COC(=O)Oc1c2ccccc2c(OC(=O)OCC(CC)CCCC)c2cc(C(C)(C)C)ccc12. The van der Waals surface area contributed by atoms with Crippen LogP contribution in [0.5, 0.6) is 11.5 Å². The van der Waals surface area contributed by atoms with Crippen LogP contribution < -0.4 is 9.47 Å². The van der Waals surface area contributed by atoms with E-state index in [1.54, 1.807) is 0 Å². The average Bonchev–Trinajstić information content (AvgIpc) is 2.98. The average molecular weight is 579 g/mol. The number of hydrogen-bond acceptors (Lipinski definition) is 6. The molecule has 0 aromatic heterocycles. The van der Waals surface area contributed by atoms with Gasteiger partial charge < -0.3 is 18.9 Å². The Kier molecular flexibility index (Phi) is 12.5. The molecule has 6 nitrogen and oxygen atoms in total. The third-order valence-electron chi connectivity index (χ3n) is 8.12. The Hall–Kier alpha value is -3.28. The quantitative estimate of drug-likeness (QED) is 0.108. The lowest BCUT2D eigenvalue weighted by Crippen LogP contribution is -2.18. The van der Waals surface area contributed by atoms with E-state index in [1.165, 1.54) is 0 Å². The maximum Gasteiger partial charge on any atom is 0.513 e. The van der Waals surface area contributed by atoms with Crippen LogP contribution in [0.2, 0.25) is 0 Å². The largest absolute Gasteiger partial charge is 0.513 e. The van der Waals surface area contributed by atoms with Gasteiger partial charge in [0, 0.05) is 21.5 Å². The van der Waals surface area contributed by atoms with Crippen molar-refractivity contribution in [3.63, 3.8) is 0 Å². The fraction of sp³-hybridized carbons (Fsp3) is 0.556. The molecule has 0 radical (unpaired) electrons. The highest BCUT2D eigenvalue weighted by Crippen LogP contribution is 2.44. The second-order valence-electron chi connectivity index (χ2n) is 12.4. The minimum Gasteiger partial charge on any atom is -0.434 e. The Bertz CT molecular complexity index is 1320. The van der Waals surface area contributed by atoms with Gasteiger partial charge in [-0.05, 0) is 41.7 Å². The Morgan fingerprint density at radius 3 is 1.55 bits per heavy atom. The summed E-state index contributed by atoms with van der Waals surface area (Å²) in [5.41, 5.74) is 0.906. The van der Waals surface area contributed by atoms with E-state index >= 15 is 0 Å². The van der Waals surface area contributed by atoms with E-state index in [-0.39, 0.29) is 5.41 Å². The Morgan fingerprint density at radius 1 is 0.667 bits per heavy atom. The molecule has 6 heteroatoms. The Balaban J connectivity index is 2.00. The number of fused-ring (bicyclic) bond motifs is 2. The van der Waals surface area contributed by atoms with Crippen molar-refractivity contribution >= 4 is 33.9 Å². The molecule has 0 aliphatic rings. The Labute approximate surface area is 252 Å². The molecule has 0 saturated carbocycles. The first-order valence-corrected chi connectivity index (χ1v) is 15.8. The van der Waals surface area contributed by atoms with Gasteiger partial charge >= 0.3 is 12.3 Å². The van der Waals surface area contributed by atoms with Gasteiger partial charge in [-0.15, -0.1) is 0 Å². The molecule has 3 aromatic rings. The molecule has 3 aromatic carbocycles. The summed E-state index contributed by atoms with van der Waals surface area (Å²) >= 11 is 0. The van der Waals surface area contributed by atoms with Crippen molar-refractivity contribution in [3.05, 3.63) is 48.0 Å². The van der Waals surface area contributed by atoms with E-state index in [9.17, 15) is 9.59 Å². The van der Waals surface area contributed by atoms with Gasteiger partial charge in [0.15, 0.2) is 0 Å². The molecule has 2 unspecified atom stereocenters. The molecule has 0 fully saturated rings. The first kappa shape index (κ1) is 33.2. The third kappa shape index (κ3) is 8.86. The minimum atomic E-state index is -0.734. The summed E-state index contributed by atoms with van der Waals surface area (Å²) in [6.07, 6.45) is 6.85. The first-order chi connectivity index (χ1) is 20.1. The zero-order valence-corrected chi connectivity index (χ0v) is 26.7. The predicted octanol–water partition coefficient (Wildman–Crippen LogP) is 10.8. The van der Waals surface area contributed by atoms with Crippen LogP contribution >= 0.6 is 0 Å². The van der Waals surface area contributed by atoms with E-state index in [0.29, 0.717) is 58.1 Å². The second kappa shape index (κ2) is 15.8. The standard InChI is InChI=1S/C36H50O6/c1-8-12-16-25(10-3)23-39-34(37)41-32-28-18-14-15-19-29(28)33(31-22-27(36(5,6)7)20-21-30(31)32)42-35(38)40-24-26(11-4)17-13-9-2/h14-15,18-22,25-26H,8-13,16-17,23-24H2,1-7H3. The summed E-state index contributed by atoms with van der Waals surface area (Å²) in [7, 11) is 0. The van der Waals surface area contributed by atoms with Crippen LogP contribution in [0.15, 0.2) is 42.5 Å². The van der Waals surface area contributed by atoms with Crippen LogP contribution in [0, 0.1) is 11.8 Å². The lowest BCUT2D eigenvalue weighted by molar-refractivity contribution is 0.0805. The van der Waals surface area contributed by atoms with Crippen LogP contribution in [0.25, 0.3) is 21.5 Å². The number of benzene rings is 3. The first-order valence-electron chi connectivity index (χ1n) is 15.8. The molecule has 2 atom stereocenters. The minimum absolute atomic E-state index is 0.154. The zero-order chi connectivity index (χ0) is 30.7. The van der Waals surface area contributed by atoms with Crippen LogP contribution in [0.1, 0.15) is 105 Å². The highest BCUT2D eigenvalue weighted by atomic mass is 16.7. The molecular formula is C36H50O6. The van der Waals surface area contributed by atoms with Crippen molar-refractivity contribution in [2.24, 2.45) is 11.8 Å². The number of ether oxygens (including phenoxy) is 4. The van der Waals surface area contributed by atoms with E-state index in [2.05, 4.69) is 48.5 Å². The molecule has 0 aliphatic carbocycles. The van der Waals surface area contributed by atoms with Crippen molar-refractivity contribution in [2.45, 2.75) is 105 Å². The third-order valence-corrected chi connectivity index (χ3v) is 8.12. The van der Waals surface area contributed by atoms with Crippen molar-refractivity contribution in [3.8, 4) is 11.5 Å². The topological polar surface area (TPSA) is 71.1 Å². The van der Waals surface area contributed by atoms with Gasteiger partial charge in [0.2, 0.25) is 0 Å². The van der Waals surface area contributed by atoms with E-state index in [1.807, 2.05) is 42.5 Å². The van der Waals surface area contributed by atoms with Crippen molar-refractivity contribution in [2.75, 3.05) is 13.2 Å². The lowest BCUT2D eigenvalue weighted by atomic mass is 9.85. The van der Waals surface area contributed by atoms with E-state index < -0.39 is 12.3 Å². The highest BCUT2D eigenvalue weighted by molar-refractivity contribution is 6.12. The fourth-order valence-electron chi connectivity index (χ4n) is 5.18. The summed E-state index contributed by atoms with van der Waals surface area (Å²) in [5, 5.41) is 2.64. The van der Waals surface area contributed by atoms with Crippen LogP contribution in [-0.4, -0.2) is 25.5 Å². The van der Waals surface area contributed by atoms with Gasteiger partial charge in [0.05, 0.1) is 13.2 Å². The van der Waals surface area contributed by atoms with Crippen LogP contribution in [0.3, 0.4) is 0 Å². The molecule has 0 bridgehead atoms. The maximum atomic E-state index is 13.0. The second-order valence-corrected chi connectivity index (χ2v) is 12.4. The summed E-state index contributed by atoms with van der Waals surface area (Å²) in [4.78, 5) is 26.0. The monoisotopic (exact) mass is 578 g/mol. The molecule has 230 valence electrons. The predicted molar refractivity (Wildman–Crippen MR) is 171 cm³/mol. The normalized spacial score (nSPS) is 13.1. The molecule has 3 rings (SSSR count). The molecule has 0 heterocycles. The van der Waals surface area contributed by atoms with Gasteiger partial charge in [0.25, 0.3) is 0 Å². The lowest BCUT2D eigenvalue weighted by Gasteiger charge is -2.22. The molecule has 0 saturated heterocycles. The van der Waals surface area contributed by atoms with Crippen molar-refractivity contribution in [1.29, 1.82) is 0 Å². The van der Waals surface area contributed by atoms with Gasteiger partial charge in [-0.25, -0.2) is 9.59 Å². The summed E-state index contributed by atoms with van der Waals surface area (Å²) in [6.45, 7) is 15.6. The number of carbonyl (C=O) groups is 2. The summed E-state index contributed by atoms with van der Waals surface area (Å²) < 4.78 is 23.1. The van der Waals surface area contributed by atoms with E-state index in [0.717, 1.165) is 56.9 Å². The van der Waals surface area contributed by atoms with Crippen molar-refractivity contribution in [1.82, 2.24) is 0 Å². The molecule has 0 amide bonds. The van der Waals surface area contributed by atoms with Crippen molar-refractivity contribution < 1.29 is 28.5 Å². The zero-order valence-electron chi connectivity index (χ0n) is 26.7. The highest BCUT2D eigenvalue weighted by Gasteiger charge is 2.24. The number of unbranched alkanes of at least 4 members (excludes halogenated alkanes) is 2. The molecular weight excluding hydrogens is 528 g/mol. The summed E-state index contributed by atoms with van der Waals surface area (Å²) in [5.74, 6) is 1.38. The Morgan fingerprint density at radius 2 is 1.12 bits per heavy atom. The van der Waals surface area contributed by atoms with Gasteiger partial charge in [-0.3, -0.25) is 0 Å². The number of carbonyl (C=O) groups excluding carboxylic acids is 2. The van der Waals surface area contributed by atoms with E-state index in [4.69, 9.17) is 18.9 Å².